The normalized spacial score (nSPS) is 12.3. The van der Waals surface area contributed by atoms with E-state index in [2.05, 4.69) is 5.32 Å². The van der Waals surface area contributed by atoms with Gasteiger partial charge in [0.2, 0.25) is 0 Å². The average molecular weight is 345 g/mol. The molecule has 3 rings (SSSR count). The van der Waals surface area contributed by atoms with Crippen molar-refractivity contribution in [3.05, 3.63) is 59.6 Å². The Hall–Kier alpha value is -2.47. The lowest BCUT2D eigenvalue weighted by Gasteiger charge is -2.09. The Balaban J connectivity index is 1.97. The van der Waals surface area contributed by atoms with Crippen molar-refractivity contribution in [2.45, 2.75) is 18.7 Å². The summed E-state index contributed by atoms with van der Waals surface area (Å²) in [5.74, 6) is -0.269. The third-order valence-corrected chi connectivity index (χ3v) is 5.12. The first-order chi connectivity index (χ1) is 11.5. The number of benzene rings is 2. The largest absolute Gasteiger partial charge is 0.451 e. The van der Waals surface area contributed by atoms with Crippen LogP contribution in [0.25, 0.3) is 11.0 Å². The lowest BCUT2D eigenvalue weighted by molar-refractivity contribution is 0.0997. The molecule has 1 heterocycles. The van der Waals surface area contributed by atoms with Gasteiger partial charge in [-0.2, -0.15) is 0 Å². The second-order valence-corrected chi connectivity index (χ2v) is 6.99. The highest BCUT2D eigenvalue weighted by Crippen LogP contribution is 2.27. The minimum absolute atomic E-state index is 0.118. The molecule has 0 saturated carbocycles. The van der Waals surface area contributed by atoms with Gasteiger partial charge in [-0.15, -0.1) is 0 Å². The maximum Gasteiger partial charge on any atom is 0.291 e. The highest BCUT2D eigenvalue weighted by Gasteiger charge is 2.19. The van der Waals surface area contributed by atoms with Gasteiger partial charge in [0.25, 0.3) is 5.91 Å². The predicted molar refractivity (Wildman–Crippen MR) is 92.3 cm³/mol. The van der Waals surface area contributed by atoms with Gasteiger partial charge < -0.3 is 9.73 Å². The Morgan fingerprint density at radius 1 is 1.25 bits per heavy atom. The molecule has 1 amide bonds. The van der Waals surface area contributed by atoms with Gasteiger partial charge in [-0.3, -0.25) is 9.00 Å². The van der Waals surface area contributed by atoms with Crippen molar-refractivity contribution in [1.82, 2.24) is 0 Å². The summed E-state index contributed by atoms with van der Waals surface area (Å²) in [4.78, 5) is 13.1. The van der Waals surface area contributed by atoms with Crippen molar-refractivity contribution in [2.75, 3.05) is 11.1 Å². The fraction of sp³-hybridized carbons (Fsp3) is 0.167. The third kappa shape index (κ3) is 2.97. The lowest BCUT2D eigenvalue weighted by Crippen LogP contribution is -2.14. The topological polar surface area (TPSA) is 59.3 Å². The van der Waals surface area contributed by atoms with Crippen LogP contribution in [0, 0.1) is 12.7 Å². The van der Waals surface area contributed by atoms with E-state index < -0.39 is 16.7 Å². The Bertz CT molecular complexity index is 949. The summed E-state index contributed by atoms with van der Waals surface area (Å²) in [6, 6.07) is 11.1. The molecule has 1 aromatic heterocycles. The van der Waals surface area contributed by atoms with Gasteiger partial charge >= 0.3 is 0 Å². The van der Waals surface area contributed by atoms with E-state index in [9.17, 15) is 13.4 Å². The van der Waals surface area contributed by atoms with Crippen molar-refractivity contribution in [1.29, 1.82) is 0 Å². The fourth-order valence-corrected chi connectivity index (χ4v) is 3.42. The quantitative estimate of drug-likeness (QED) is 0.768. The molecule has 0 aliphatic heterocycles. The standard InChI is InChI=1S/C18H16FNO3S/c1-3-24(22)16-7-5-4-6-14(16)20-18(21)17-11(2)13-10-12(19)8-9-15(13)23-17/h4-10H,3H2,1-2H3,(H,20,21)/t24-/m0/s1. The number of hydrogen-bond donors (Lipinski definition) is 1. The van der Waals surface area contributed by atoms with Gasteiger partial charge in [-0.1, -0.05) is 19.1 Å². The van der Waals surface area contributed by atoms with Crippen molar-refractivity contribution in [3.63, 3.8) is 0 Å². The molecular formula is C18H16FNO3S. The summed E-state index contributed by atoms with van der Waals surface area (Å²) in [5.41, 5.74) is 1.49. The monoisotopic (exact) mass is 345 g/mol. The average Bonchev–Trinajstić information content (AvgIpc) is 2.91. The van der Waals surface area contributed by atoms with Crippen LogP contribution in [0.2, 0.25) is 0 Å². The fourth-order valence-electron chi connectivity index (χ4n) is 2.51. The first kappa shape index (κ1) is 16.4. The molecule has 1 atom stereocenters. The zero-order valence-electron chi connectivity index (χ0n) is 13.3. The molecule has 0 aliphatic carbocycles. The number of rotatable bonds is 4. The lowest BCUT2D eigenvalue weighted by atomic mass is 10.1. The van der Waals surface area contributed by atoms with Crippen molar-refractivity contribution in [2.24, 2.45) is 0 Å². The molecule has 0 bridgehead atoms. The minimum atomic E-state index is -1.19. The highest BCUT2D eigenvalue weighted by molar-refractivity contribution is 7.85. The first-order valence-electron chi connectivity index (χ1n) is 7.48. The molecule has 2 aromatic carbocycles. The molecule has 0 unspecified atom stereocenters. The molecule has 6 heteroatoms. The van der Waals surface area contributed by atoms with Crippen LogP contribution in [0.3, 0.4) is 0 Å². The molecule has 0 spiro atoms. The van der Waals surface area contributed by atoms with Gasteiger partial charge in [0, 0.05) is 16.7 Å². The van der Waals surface area contributed by atoms with E-state index in [-0.39, 0.29) is 11.6 Å². The van der Waals surface area contributed by atoms with Crippen LogP contribution in [0.15, 0.2) is 51.8 Å². The number of aryl methyl sites for hydroxylation is 1. The number of furan rings is 1. The summed E-state index contributed by atoms with van der Waals surface area (Å²) in [6.07, 6.45) is 0. The minimum Gasteiger partial charge on any atom is -0.451 e. The second kappa shape index (κ2) is 6.57. The van der Waals surface area contributed by atoms with E-state index in [0.717, 1.165) is 0 Å². The number of nitrogens with one attached hydrogen (secondary N) is 1. The Kier molecular flexibility index (Phi) is 4.49. The maximum absolute atomic E-state index is 13.4. The van der Waals surface area contributed by atoms with E-state index in [0.29, 0.717) is 32.9 Å². The van der Waals surface area contributed by atoms with Crippen molar-refractivity contribution in [3.8, 4) is 0 Å². The van der Waals surface area contributed by atoms with Gasteiger partial charge in [-0.25, -0.2) is 4.39 Å². The van der Waals surface area contributed by atoms with E-state index in [1.165, 1.54) is 18.2 Å². The number of anilines is 1. The van der Waals surface area contributed by atoms with Crippen LogP contribution in [-0.4, -0.2) is 15.9 Å². The molecule has 124 valence electrons. The highest BCUT2D eigenvalue weighted by atomic mass is 32.2. The molecule has 4 nitrogen and oxygen atoms in total. The van der Waals surface area contributed by atoms with Crippen LogP contribution >= 0.6 is 0 Å². The molecule has 0 saturated heterocycles. The predicted octanol–water partition coefficient (Wildman–Crippen LogP) is 4.26. The van der Waals surface area contributed by atoms with Crippen LogP contribution in [-0.2, 0) is 10.8 Å². The van der Waals surface area contributed by atoms with E-state index >= 15 is 0 Å². The Labute approximate surface area is 141 Å². The zero-order chi connectivity index (χ0) is 17.3. The Morgan fingerprint density at radius 3 is 2.75 bits per heavy atom. The molecule has 24 heavy (non-hydrogen) atoms. The summed E-state index contributed by atoms with van der Waals surface area (Å²) in [7, 11) is -1.19. The number of hydrogen-bond acceptors (Lipinski definition) is 3. The smallest absolute Gasteiger partial charge is 0.291 e. The van der Waals surface area contributed by atoms with Gasteiger partial charge in [0.05, 0.1) is 21.4 Å². The van der Waals surface area contributed by atoms with E-state index in [4.69, 9.17) is 4.42 Å². The number of halogens is 1. The van der Waals surface area contributed by atoms with Gasteiger partial charge in [-0.05, 0) is 37.3 Å². The van der Waals surface area contributed by atoms with E-state index in [1.807, 2.05) is 6.92 Å². The third-order valence-electron chi connectivity index (χ3n) is 3.75. The second-order valence-electron chi connectivity index (χ2n) is 5.28. The molecule has 3 aromatic rings. The maximum atomic E-state index is 13.4. The van der Waals surface area contributed by atoms with E-state index in [1.54, 1.807) is 31.2 Å². The van der Waals surface area contributed by atoms with Crippen LogP contribution in [0.5, 0.6) is 0 Å². The molecular weight excluding hydrogens is 329 g/mol. The molecule has 0 fully saturated rings. The number of carbonyl (C=O) groups excluding carboxylic acids is 1. The molecule has 0 radical (unpaired) electrons. The number of fused-ring (bicyclic) bond motifs is 1. The summed E-state index contributed by atoms with van der Waals surface area (Å²) < 4.78 is 31.0. The summed E-state index contributed by atoms with van der Waals surface area (Å²) >= 11 is 0. The number of amides is 1. The SMILES string of the molecule is CC[S@](=O)c1ccccc1NC(=O)c1oc2ccc(F)cc2c1C. The molecule has 0 aliphatic rings. The van der Waals surface area contributed by atoms with Gasteiger partial charge in [0.15, 0.2) is 5.76 Å². The number of para-hydroxylation sites is 1. The molecule has 1 N–H and O–H groups in total. The van der Waals surface area contributed by atoms with Crippen molar-refractivity contribution < 1.29 is 17.8 Å². The van der Waals surface area contributed by atoms with Gasteiger partial charge in [0.1, 0.15) is 11.4 Å². The van der Waals surface area contributed by atoms with Crippen LogP contribution < -0.4 is 5.32 Å². The summed E-state index contributed by atoms with van der Waals surface area (Å²) in [5, 5.41) is 3.30. The zero-order valence-corrected chi connectivity index (χ0v) is 14.1. The van der Waals surface area contributed by atoms with Crippen LogP contribution in [0.1, 0.15) is 23.0 Å². The summed E-state index contributed by atoms with van der Waals surface area (Å²) in [6.45, 7) is 3.52. The van der Waals surface area contributed by atoms with Crippen LogP contribution in [0.4, 0.5) is 10.1 Å². The van der Waals surface area contributed by atoms with Crippen molar-refractivity contribution >= 4 is 33.4 Å². The number of carbonyl (C=O) groups is 1. The Morgan fingerprint density at radius 2 is 2.00 bits per heavy atom. The first-order valence-corrected chi connectivity index (χ1v) is 8.80.